The van der Waals surface area contributed by atoms with Crippen molar-refractivity contribution in [2.45, 2.75) is 38.8 Å². The van der Waals surface area contributed by atoms with Crippen LogP contribution in [0.25, 0.3) is 0 Å². The summed E-state index contributed by atoms with van der Waals surface area (Å²) < 4.78 is 0. The number of aliphatic carboxylic acids is 1. The molecule has 18 heavy (non-hydrogen) atoms. The minimum absolute atomic E-state index is 0.236. The molecule has 7 heteroatoms. The molecule has 0 aliphatic carbocycles. The van der Waals surface area contributed by atoms with Gasteiger partial charge in [-0.1, -0.05) is 13.3 Å². The van der Waals surface area contributed by atoms with Crippen LogP contribution in [0.5, 0.6) is 0 Å². The first-order valence-corrected chi connectivity index (χ1v) is 5.83. The molecular formula is C11H18N4O3. The highest BCUT2D eigenvalue weighted by atomic mass is 16.4. The molecule has 2 atom stereocenters. The number of amides is 2. The maximum absolute atomic E-state index is 11.6. The zero-order valence-corrected chi connectivity index (χ0v) is 10.4. The van der Waals surface area contributed by atoms with Crippen molar-refractivity contribution in [3.8, 4) is 0 Å². The lowest BCUT2D eigenvalue weighted by Crippen LogP contribution is -2.46. The third-order valence-corrected chi connectivity index (χ3v) is 2.55. The highest BCUT2D eigenvalue weighted by Crippen LogP contribution is 2.08. The summed E-state index contributed by atoms with van der Waals surface area (Å²) in [7, 11) is 0. The number of H-pyrrole nitrogens is 1. The minimum atomic E-state index is -1.03. The normalized spacial score (nSPS) is 13.7. The predicted octanol–water partition coefficient (Wildman–Crippen LogP) is 1.02. The van der Waals surface area contributed by atoms with E-state index in [-0.39, 0.29) is 6.04 Å². The van der Waals surface area contributed by atoms with Crippen molar-refractivity contribution in [3.63, 3.8) is 0 Å². The number of carboxylic acid groups (broad SMARTS) is 1. The third kappa shape index (κ3) is 4.08. The maximum Gasteiger partial charge on any atom is 0.326 e. The van der Waals surface area contributed by atoms with Crippen LogP contribution >= 0.6 is 0 Å². The number of nitrogens with one attached hydrogen (secondary N) is 3. The fourth-order valence-electron chi connectivity index (χ4n) is 1.52. The number of hydrogen-bond acceptors (Lipinski definition) is 3. The topological polar surface area (TPSA) is 107 Å². The lowest BCUT2D eigenvalue weighted by Gasteiger charge is -2.17. The summed E-state index contributed by atoms with van der Waals surface area (Å²) in [6.45, 7) is 3.66. The average Bonchev–Trinajstić information content (AvgIpc) is 2.81. The number of rotatable bonds is 6. The molecule has 0 radical (unpaired) electrons. The Bertz CT molecular complexity index is 391. The quantitative estimate of drug-likeness (QED) is 0.608. The first-order chi connectivity index (χ1) is 8.54. The molecule has 1 aromatic rings. The fraction of sp³-hybridized carbons (Fsp3) is 0.545. The molecule has 7 nitrogen and oxygen atoms in total. The second kappa shape index (κ2) is 6.63. The summed E-state index contributed by atoms with van der Waals surface area (Å²) >= 11 is 0. The van der Waals surface area contributed by atoms with E-state index in [1.807, 2.05) is 6.92 Å². The molecule has 4 N–H and O–H groups in total. The molecule has 0 saturated heterocycles. The van der Waals surface area contributed by atoms with Crippen molar-refractivity contribution in [1.82, 2.24) is 20.8 Å². The zero-order valence-electron chi connectivity index (χ0n) is 10.4. The van der Waals surface area contributed by atoms with Gasteiger partial charge in [-0.05, 0) is 13.3 Å². The number of aromatic nitrogens is 2. The Morgan fingerprint density at radius 3 is 2.72 bits per heavy atom. The summed E-state index contributed by atoms with van der Waals surface area (Å²) in [6, 6.07) is -1.59. The molecule has 100 valence electrons. The van der Waals surface area contributed by atoms with Crippen LogP contribution in [0.15, 0.2) is 12.4 Å². The van der Waals surface area contributed by atoms with Gasteiger partial charge in [0.25, 0.3) is 0 Å². The molecule has 0 saturated carbocycles. The number of nitrogens with zero attached hydrogens (tertiary/aromatic N) is 1. The summed E-state index contributed by atoms with van der Waals surface area (Å²) in [6.07, 6.45) is 4.37. The van der Waals surface area contributed by atoms with E-state index in [1.165, 1.54) is 0 Å². The van der Waals surface area contributed by atoms with Gasteiger partial charge < -0.3 is 15.7 Å². The molecule has 1 rings (SSSR count). The maximum atomic E-state index is 11.6. The molecule has 2 amide bonds. The van der Waals surface area contributed by atoms with Crippen molar-refractivity contribution >= 4 is 12.0 Å². The number of aromatic amines is 1. The fourth-order valence-corrected chi connectivity index (χ4v) is 1.52. The van der Waals surface area contributed by atoms with E-state index in [0.717, 1.165) is 5.56 Å². The number of carbonyl (C=O) groups excluding carboxylic acids is 1. The molecule has 1 heterocycles. The monoisotopic (exact) mass is 254 g/mol. The number of hydrogen-bond donors (Lipinski definition) is 4. The molecule has 0 aliphatic rings. The lowest BCUT2D eigenvalue weighted by atomic mass is 10.1. The Labute approximate surface area is 105 Å². The summed E-state index contributed by atoms with van der Waals surface area (Å²) in [5.41, 5.74) is 0.826. The van der Waals surface area contributed by atoms with Gasteiger partial charge in [-0.2, -0.15) is 5.10 Å². The van der Waals surface area contributed by atoms with Crippen molar-refractivity contribution in [3.05, 3.63) is 18.0 Å². The summed E-state index contributed by atoms with van der Waals surface area (Å²) in [5.74, 6) is -1.03. The van der Waals surface area contributed by atoms with Gasteiger partial charge in [0.2, 0.25) is 0 Å². The second-order valence-corrected chi connectivity index (χ2v) is 4.05. The van der Waals surface area contributed by atoms with E-state index in [1.54, 1.807) is 19.3 Å². The van der Waals surface area contributed by atoms with Gasteiger partial charge in [0.05, 0.1) is 12.2 Å². The second-order valence-electron chi connectivity index (χ2n) is 4.05. The van der Waals surface area contributed by atoms with Crippen LogP contribution in [0.3, 0.4) is 0 Å². The highest BCUT2D eigenvalue weighted by Gasteiger charge is 2.19. The van der Waals surface area contributed by atoms with E-state index >= 15 is 0 Å². The van der Waals surface area contributed by atoms with Gasteiger partial charge in [-0.15, -0.1) is 0 Å². The number of carboxylic acids is 1. The molecule has 0 bridgehead atoms. The van der Waals surface area contributed by atoms with E-state index in [4.69, 9.17) is 5.11 Å². The smallest absolute Gasteiger partial charge is 0.326 e. The highest BCUT2D eigenvalue weighted by molar-refractivity contribution is 5.82. The van der Waals surface area contributed by atoms with Gasteiger partial charge in [-0.25, -0.2) is 9.59 Å². The number of carbonyl (C=O) groups is 2. The molecule has 0 aromatic carbocycles. The zero-order chi connectivity index (χ0) is 13.5. The average molecular weight is 254 g/mol. The lowest BCUT2D eigenvalue weighted by molar-refractivity contribution is -0.139. The SMILES string of the molecule is CCC[C@H](NC(=O)NC(C)c1cn[nH]c1)C(=O)O. The molecular weight excluding hydrogens is 236 g/mol. The van der Waals surface area contributed by atoms with Crippen LogP contribution in [-0.4, -0.2) is 33.3 Å². The number of urea groups is 1. The Hall–Kier alpha value is -2.05. The molecule has 1 unspecified atom stereocenters. The summed E-state index contributed by atoms with van der Waals surface area (Å²) in [5, 5.41) is 20.4. The van der Waals surface area contributed by atoms with E-state index in [9.17, 15) is 9.59 Å². The van der Waals surface area contributed by atoms with Gasteiger partial charge >= 0.3 is 12.0 Å². The first kappa shape index (κ1) is 14.0. The first-order valence-electron chi connectivity index (χ1n) is 5.83. The molecule has 0 aliphatic heterocycles. The van der Waals surface area contributed by atoms with Gasteiger partial charge in [0.1, 0.15) is 6.04 Å². The molecule has 1 aromatic heterocycles. The third-order valence-electron chi connectivity index (χ3n) is 2.55. The van der Waals surface area contributed by atoms with Crippen molar-refractivity contribution < 1.29 is 14.7 Å². The predicted molar refractivity (Wildman–Crippen MR) is 65.0 cm³/mol. The molecule has 0 spiro atoms. The van der Waals surface area contributed by atoms with Crippen LogP contribution in [0, 0.1) is 0 Å². The van der Waals surface area contributed by atoms with Crippen molar-refractivity contribution in [1.29, 1.82) is 0 Å². The Morgan fingerprint density at radius 1 is 1.50 bits per heavy atom. The van der Waals surface area contributed by atoms with Crippen molar-refractivity contribution in [2.24, 2.45) is 0 Å². The summed E-state index contributed by atoms with van der Waals surface area (Å²) in [4.78, 5) is 22.5. The van der Waals surface area contributed by atoms with Crippen molar-refractivity contribution in [2.75, 3.05) is 0 Å². The standard InChI is InChI=1S/C11H18N4O3/c1-3-4-9(10(16)17)15-11(18)14-7(2)8-5-12-13-6-8/h5-7,9H,3-4H2,1-2H3,(H,12,13)(H,16,17)(H2,14,15,18)/t7?,9-/m0/s1. The van der Waals surface area contributed by atoms with Gasteiger partial charge in [0.15, 0.2) is 0 Å². The minimum Gasteiger partial charge on any atom is -0.480 e. The largest absolute Gasteiger partial charge is 0.480 e. The Balaban J connectivity index is 2.47. The van der Waals surface area contributed by atoms with Gasteiger partial charge in [0, 0.05) is 11.8 Å². The van der Waals surface area contributed by atoms with Crippen LogP contribution in [-0.2, 0) is 4.79 Å². The van der Waals surface area contributed by atoms with E-state index < -0.39 is 18.0 Å². The van der Waals surface area contributed by atoms with Gasteiger partial charge in [-0.3, -0.25) is 5.10 Å². The van der Waals surface area contributed by atoms with Crippen LogP contribution in [0.2, 0.25) is 0 Å². The molecule has 0 fully saturated rings. The van der Waals surface area contributed by atoms with E-state index in [0.29, 0.717) is 12.8 Å². The Morgan fingerprint density at radius 2 is 2.22 bits per heavy atom. The Kier molecular flexibility index (Phi) is 5.16. The van der Waals surface area contributed by atoms with E-state index in [2.05, 4.69) is 20.8 Å². The van der Waals surface area contributed by atoms with Crippen LogP contribution in [0.4, 0.5) is 4.79 Å². The van der Waals surface area contributed by atoms with Crippen LogP contribution in [0.1, 0.15) is 38.3 Å². The van der Waals surface area contributed by atoms with Crippen LogP contribution < -0.4 is 10.6 Å².